The van der Waals surface area contributed by atoms with Gasteiger partial charge in [-0.2, -0.15) is 0 Å². The van der Waals surface area contributed by atoms with Gasteiger partial charge in [-0.1, -0.05) is 24.3 Å². The summed E-state index contributed by atoms with van der Waals surface area (Å²) in [5.74, 6) is -0.0890. The fourth-order valence-electron chi connectivity index (χ4n) is 3.22. The zero-order valence-electron chi connectivity index (χ0n) is 13.0. The van der Waals surface area contributed by atoms with Crippen LogP contribution >= 0.6 is 0 Å². The summed E-state index contributed by atoms with van der Waals surface area (Å²) in [5.41, 5.74) is 8.29. The predicted molar refractivity (Wildman–Crippen MR) is 89.4 cm³/mol. The van der Waals surface area contributed by atoms with Crippen LogP contribution < -0.4 is 5.73 Å². The van der Waals surface area contributed by atoms with Crippen LogP contribution in [0.15, 0.2) is 48.5 Å². The van der Waals surface area contributed by atoms with Gasteiger partial charge in [-0.05, 0) is 54.7 Å². The van der Waals surface area contributed by atoms with Crippen molar-refractivity contribution in [3.63, 3.8) is 0 Å². The van der Waals surface area contributed by atoms with Crippen molar-refractivity contribution in [1.82, 2.24) is 4.90 Å². The summed E-state index contributed by atoms with van der Waals surface area (Å²) in [6, 6.07) is 14.2. The number of halogens is 1. The van der Waals surface area contributed by atoms with Gasteiger partial charge in [-0.15, -0.1) is 0 Å². The van der Waals surface area contributed by atoms with Gasteiger partial charge in [0.05, 0.1) is 6.42 Å². The zero-order valence-corrected chi connectivity index (χ0v) is 13.0. The van der Waals surface area contributed by atoms with Crippen molar-refractivity contribution in [1.29, 1.82) is 0 Å². The van der Waals surface area contributed by atoms with E-state index in [0.717, 1.165) is 30.5 Å². The van der Waals surface area contributed by atoms with E-state index in [0.29, 0.717) is 18.5 Å². The number of nitrogens with zero attached hydrogens (tertiary/aromatic N) is 1. The van der Waals surface area contributed by atoms with Gasteiger partial charge < -0.3 is 10.6 Å². The van der Waals surface area contributed by atoms with Gasteiger partial charge in [-0.3, -0.25) is 4.79 Å². The molecule has 1 fully saturated rings. The number of hydrogen-bond acceptors (Lipinski definition) is 2. The molecule has 2 aromatic carbocycles. The Kier molecular flexibility index (Phi) is 4.60. The van der Waals surface area contributed by atoms with Crippen molar-refractivity contribution in [2.24, 2.45) is 0 Å². The number of nitrogens with two attached hydrogens (primary N) is 1. The second kappa shape index (κ2) is 6.82. The first-order chi connectivity index (χ1) is 11.1. The van der Waals surface area contributed by atoms with Gasteiger partial charge in [0.15, 0.2) is 0 Å². The Hall–Kier alpha value is -2.36. The van der Waals surface area contributed by atoms with E-state index in [-0.39, 0.29) is 17.8 Å². The first kappa shape index (κ1) is 15.5. The fourth-order valence-corrected chi connectivity index (χ4v) is 3.22. The normalized spacial score (nSPS) is 17.4. The van der Waals surface area contributed by atoms with Crippen LogP contribution in [0.2, 0.25) is 0 Å². The van der Waals surface area contributed by atoms with Crippen LogP contribution in [0.4, 0.5) is 10.1 Å². The summed E-state index contributed by atoms with van der Waals surface area (Å²) in [6.07, 6.45) is 3.09. The molecule has 120 valence electrons. The standard InChI is InChI=1S/C19H21FN2O/c20-16-4-1-3-15(11-16)12-18-5-2-10-22(18)19(23)13-14-6-8-17(21)9-7-14/h1,3-4,6-9,11,18H,2,5,10,12-13,21H2/t18-/m0/s1. The largest absolute Gasteiger partial charge is 0.399 e. The van der Waals surface area contributed by atoms with E-state index in [1.54, 1.807) is 12.1 Å². The van der Waals surface area contributed by atoms with E-state index in [2.05, 4.69) is 0 Å². The van der Waals surface area contributed by atoms with Crippen LogP contribution in [-0.2, 0) is 17.6 Å². The lowest BCUT2D eigenvalue weighted by molar-refractivity contribution is -0.131. The topological polar surface area (TPSA) is 46.3 Å². The molecule has 0 bridgehead atoms. The number of likely N-dealkylation sites (tertiary alicyclic amines) is 1. The smallest absolute Gasteiger partial charge is 0.227 e. The van der Waals surface area contributed by atoms with Gasteiger partial charge in [0, 0.05) is 18.3 Å². The van der Waals surface area contributed by atoms with E-state index in [1.807, 2.05) is 35.2 Å². The van der Waals surface area contributed by atoms with Crippen molar-refractivity contribution in [3.05, 3.63) is 65.5 Å². The first-order valence-electron chi connectivity index (χ1n) is 8.00. The molecule has 3 rings (SSSR count). The van der Waals surface area contributed by atoms with E-state index in [1.165, 1.54) is 6.07 Å². The lowest BCUT2D eigenvalue weighted by Gasteiger charge is -2.25. The Morgan fingerprint density at radius 1 is 1.17 bits per heavy atom. The lowest BCUT2D eigenvalue weighted by atomic mass is 10.0. The highest BCUT2D eigenvalue weighted by Gasteiger charge is 2.28. The molecule has 23 heavy (non-hydrogen) atoms. The molecule has 1 aliphatic rings. The first-order valence-corrected chi connectivity index (χ1v) is 8.00. The quantitative estimate of drug-likeness (QED) is 0.881. The molecule has 1 amide bonds. The van der Waals surface area contributed by atoms with Crippen molar-refractivity contribution in [2.75, 3.05) is 12.3 Å². The minimum atomic E-state index is -0.222. The number of anilines is 1. The number of nitrogen functional groups attached to an aromatic ring is 1. The molecule has 1 aliphatic heterocycles. The van der Waals surface area contributed by atoms with Gasteiger partial charge >= 0.3 is 0 Å². The molecule has 0 unspecified atom stereocenters. The van der Waals surface area contributed by atoms with Gasteiger partial charge in [0.1, 0.15) is 5.82 Å². The third kappa shape index (κ3) is 3.89. The Morgan fingerprint density at radius 2 is 1.96 bits per heavy atom. The van der Waals surface area contributed by atoms with E-state index >= 15 is 0 Å². The van der Waals surface area contributed by atoms with Gasteiger partial charge in [-0.25, -0.2) is 4.39 Å². The van der Waals surface area contributed by atoms with Crippen LogP contribution in [0.3, 0.4) is 0 Å². The predicted octanol–water partition coefficient (Wildman–Crippen LogP) is 3.18. The second-order valence-electron chi connectivity index (χ2n) is 6.14. The maximum Gasteiger partial charge on any atom is 0.227 e. The number of carbonyl (C=O) groups is 1. The van der Waals surface area contributed by atoms with Crippen LogP contribution in [0.1, 0.15) is 24.0 Å². The molecular weight excluding hydrogens is 291 g/mol. The van der Waals surface area contributed by atoms with Crippen LogP contribution in [0.25, 0.3) is 0 Å². The number of benzene rings is 2. The Labute approximate surface area is 135 Å². The highest BCUT2D eigenvalue weighted by molar-refractivity contribution is 5.79. The van der Waals surface area contributed by atoms with Crippen molar-refractivity contribution < 1.29 is 9.18 Å². The molecule has 4 heteroatoms. The number of hydrogen-bond donors (Lipinski definition) is 1. The van der Waals surface area contributed by atoms with E-state index in [9.17, 15) is 9.18 Å². The number of amides is 1. The molecule has 1 heterocycles. The second-order valence-corrected chi connectivity index (χ2v) is 6.14. The minimum Gasteiger partial charge on any atom is -0.399 e. The van der Waals surface area contributed by atoms with E-state index < -0.39 is 0 Å². The molecular formula is C19H21FN2O. The third-order valence-corrected chi connectivity index (χ3v) is 4.39. The summed E-state index contributed by atoms with van der Waals surface area (Å²) >= 11 is 0. The highest BCUT2D eigenvalue weighted by Crippen LogP contribution is 2.22. The summed E-state index contributed by atoms with van der Waals surface area (Å²) in [7, 11) is 0. The average Bonchev–Trinajstić information content (AvgIpc) is 2.98. The Morgan fingerprint density at radius 3 is 2.70 bits per heavy atom. The summed E-state index contributed by atoms with van der Waals surface area (Å²) in [6.45, 7) is 0.786. The number of rotatable bonds is 4. The third-order valence-electron chi connectivity index (χ3n) is 4.39. The summed E-state index contributed by atoms with van der Waals surface area (Å²) in [5, 5.41) is 0. The SMILES string of the molecule is Nc1ccc(CC(=O)N2CCC[C@H]2Cc2cccc(F)c2)cc1. The number of carbonyl (C=O) groups excluding carboxylic acids is 1. The lowest BCUT2D eigenvalue weighted by Crippen LogP contribution is -2.37. The van der Waals surface area contributed by atoms with E-state index in [4.69, 9.17) is 5.73 Å². The van der Waals surface area contributed by atoms with Crippen molar-refractivity contribution in [2.45, 2.75) is 31.7 Å². The monoisotopic (exact) mass is 312 g/mol. The molecule has 1 saturated heterocycles. The molecule has 1 atom stereocenters. The molecule has 0 aliphatic carbocycles. The van der Waals surface area contributed by atoms with Gasteiger partial charge in [0.25, 0.3) is 0 Å². The fraction of sp³-hybridized carbons (Fsp3) is 0.316. The summed E-state index contributed by atoms with van der Waals surface area (Å²) in [4.78, 5) is 14.5. The maximum absolute atomic E-state index is 13.3. The maximum atomic E-state index is 13.3. The minimum absolute atomic E-state index is 0.133. The zero-order chi connectivity index (χ0) is 16.2. The van der Waals surface area contributed by atoms with Crippen LogP contribution in [0, 0.1) is 5.82 Å². The molecule has 2 N–H and O–H groups in total. The molecule has 0 radical (unpaired) electrons. The van der Waals surface area contributed by atoms with Crippen molar-refractivity contribution in [3.8, 4) is 0 Å². The molecule has 0 aromatic heterocycles. The average molecular weight is 312 g/mol. The molecule has 0 saturated carbocycles. The molecule has 0 spiro atoms. The van der Waals surface area contributed by atoms with Crippen LogP contribution in [0.5, 0.6) is 0 Å². The Bertz CT molecular complexity index is 684. The Balaban J connectivity index is 1.66. The van der Waals surface area contributed by atoms with Crippen LogP contribution in [-0.4, -0.2) is 23.4 Å². The van der Waals surface area contributed by atoms with Gasteiger partial charge in [0.2, 0.25) is 5.91 Å². The summed E-state index contributed by atoms with van der Waals surface area (Å²) < 4.78 is 13.3. The highest BCUT2D eigenvalue weighted by atomic mass is 19.1. The molecule has 3 nitrogen and oxygen atoms in total. The van der Waals surface area contributed by atoms with Crippen molar-refractivity contribution >= 4 is 11.6 Å². The molecule has 2 aromatic rings.